The molecule has 1 rings (SSSR count). The van der Waals surface area contributed by atoms with Crippen LogP contribution in [0, 0.1) is 0 Å². The average Bonchev–Trinajstić information content (AvgIpc) is 2.26. The van der Waals surface area contributed by atoms with Gasteiger partial charge in [0.1, 0.15) is 0 Å². The molecule has 1 aromatic carbocycles. The molecule has 5 heteroatoms. The van der Waals surface area contributed by atoms with E-state index in [1.54, 1.807) is 33.5 Å². The van der Waals surface area contributed by atoms with Gasteiger partial charge in [-0.2, -0.15) is 0 Å². The van der Waals surface area contributed by atoms with Gasteiger partial charge in [0.2, 0.25) is 5.75 Å². The van der Waals surface area contributed by atoms with E-state index >= 15 is 0 Å². The second-order valence-corrected chi connectivity index (χ2v) is 2.56. The third kappa shape index (κ3) is 1.82. The van der Waals surface area contributed by atoms with Crippen molar-refractivity contribution >= 4 is 5.69 Å². The zero-order valence-corrected chi connectivity index (χ0v) is 8.46. The number of ether oxygens (including phenoxy) is 3. The Morgan fingerprint density at radius 1 is 1.00 bits per heavy atom. The number of nitrogen functional groups attached to an aromatic ring is 1. The SMILES string of the molecule is COc1cc(NN)cc(OC)c1OC. The zero-order valence-electron chi connectivity index (χ0n) is 8.46. The number of nitrogens with one attached hydrogen (secondary N) is 1. The molecule has 0 radical (unpaired) electrons. The van der Waals surface area contributed by atoms with Crippen molar-refractivity contribution in [3.63, 3.8) is 0 Å². The topological polar surface area (TPSA) is 65.7 Å². The third-order valence-corrected chi connectivity index (χ3v) is 1.83. The Kier molecular flexibility index (Phi) is 3.41. The van der Waals surface area contributed by atoms with Gasteiger partial charge in [-0.3, -0.25) is 5.84 Å². The lowest BCUT2D eigenvalue weighted by atomic mass is 10.2. The van der Waals surface area contributed by atoms with Crippen LogP contribution >= 0.6 is 0 Å². The molecule has 0 aromatic heterocycles. The molecule has 0 fully saturated rings. The molecule has 1 aromatic rings. The summed E-state index contributed by atoms with van der Waals surface area (Å²) in [5, 5.41) is 0. The highest BCUT2D eigenvalue weighted by molar-refractivity contribution is 5.62. The fourth-order valence-electron chi connectivity index (χ4n) is 1.16. The van der Waals surface area contributed by atoms with Crippen molar-refractivity contribution in [2.45, 2.75) is 0 Å². The Labute approximate surface area is 82.7 Å². The molecule has 78 valence electrons. The number of benzene rings is 1. The summed E-state index contributed by atoms with van der Waals surface area (Å²) < 4.78 is 15.4. The van der Waals surface area contributed by atoms with E-state index in [0.29, 0.717) is 22.9 Å². The molecule has 5 nitrogen and oxygen atoms in total. The largest absolute Gasteiger partial charge is 0.493 e. The van der Waals surface area contributed by atoms with E-state index in [-0.39, 0.29) is 0 Å². The molecule has 0 aliphatic heterocycles. The van der Waals surface area contributed by atoms with Crippen molar-refractivity contribution in [3.05, 3.63) is 12.1 Å². The first-order chi connectivity index (χ1) is 6.76. The summed E-state index contributed by atoms with van der Waals surface area (Å²) in [6.45, 7) is 0. The van der Waals surface area contributed by atoms with Gasteiger partial charge in [0.25, 0.3) is 0 Å². The van der Waals surface area contributed by atoms with Crippen LogP contribution in [0.15, 0.2) is 12.1 Å². The molecule has 14 heavy (non-hydrogen) atoms. The number of rotatable bonds is 4. The predicted octanol–water partition coefficient (Wildman–Crippen LogP) is 0.998. The van der Waals surface area contributed by atoms with Crippen molar-refractivity contribution < 1.29 is 14.2 Å². The summed E-state index contributed by atoms with van der Waals surface area (Å²) in [5.41, 5.74) is 3.21. The summed E-state index contributed by atoms with van der Waals surface area (Å²) >= 11 is 0. The van der Waals surface area contributed by atoms with E-state index < -0.39 is 0 Å². The first-order valence-electron chi connectivity index (χ1n) is 4.03. The van der Waals surface area contributed by atoms with Gasteiger partial charge in [0.15, 0.2) is 11.5 Å². The molecule has 0 saturated carbocycles. The number of hydrogen-bond donors (Lipinski definition) is 2. The van der Waals surface area contributed by atoms with Crippen LogP contribution in [0.4, 0.5) is 5.69 Å². The normalized spacial score (nSPS) is 9.43. The van der Waals surface area contributed by atoms with Crippen LogP contribution in [-0.2, 0) is 0 Å². The monoisotopic (exact) mass is 198 g/mol. The van der Waals surface area contributed by atoms with E-state index in [2.05, 4.69) is 5.43 Å². The number of nitrogens with two attached hydrogens (primary N) is 1. The Balaban J connectivity index is 3.24. The van der Waals surface area contributed by atoms with Crippen LogP contribution in [0.25, 0.3) is 0 Å². The van der Waals surface area contributed by atoms with Crippen molar-refractivity contribution in [2.75, 3.05) is 26.8 Å². The van der Waals surface area contributed by atoms with Crippen LogP contribution in [0.3, 0.4) is 0 Å². The van der Waals surface area contributed by atoms with Gasteiger partial charge in [0.05, 0.1) is 27.0 Å². The minimum absolute atomic E-state index is 0.550. The number of hydrazine groups is 1. The number of methoxy groups -OCH3 is 3. The van der Waals surface area contributed by atoms with E-state index in [4.69, 9.17) is 20.1 Å². The van der Waals surface area contributed by atoms with Gasteiger partial charge >= 0.3 is 0 Å². The second-order valence-electron chi connectivity index (χ2n) is 2.56. The first-order valence-corrected chi connectivity index (χ1v) is 4.03. The minimum Gasteiger partial charge on any atom is -0.493 e. The Morgan fingerprint density at radius 3 is 1.79 bits per heavy atom. The molecule has 3 N–H and O–H groups in total. The maximum Gasteiger partial charge on any atom is 0.203 e. The van der Waals surface area contributed by atoms with Crippen LogP contribution in [0.1, 0.15) is 0 Å². The quantitative estimate of drug-likeness (QED) is 0.558. The molecule has 0 atom stereocenters. The molecule has 0 unspecified atom stereocenters. The molecular formula is C9H14N2O3. The van der Waals surface area contributed by atoms with Gasteiger partial charge in [-0.25, -0.2) is 0 Å². The number of anilines is 1. The van der Waals surface area contributed by atoms with Gasteiger partial charge in [-0.05, 0) is 0 Å². The molecular weight excluding hydrogens is 184 g/mol. The Hall–Kier alpha value is -1.62. The molecule has 0 bridgehead atoms. The predicted molar refractivity (Wildman–Crippen MR) is 53.9 cm³/mol. The van der Waals surface area contributed by atoms with Gasteiger partial charge in [-0.15, -0.1) is 0 Å². The van der Waals surface area contributed by atoms with Crippen molar-refractivity contribution in [3.8, 4) is 17.2 Å². The molecule has 0 aliphatic carbocycles. The molecule has 0 saturated heterocycles. The molecule has 0 aliphatic rings. The van der Waals surface area contributed by atoms with Crippen LogP contribution in [-0.4, -0.2) is 21.3 Å². The lowest BCUT2D eigenvalue weighted by Crippen LogP contribution is -2.07. The summed E-state index contributed by atoms with van der Waals surface area (Å²) in [7, 11) is 4.66. The molecule has 0 spiro atoms. The summed E-state index contributed by atoms with van der Waals surface area (Å²) in [6, 6.07) is 3.45. The lowest BCUT2D eigenvalue weighted by molar-refractivity contribution is 0.324. The fourth-order valence-corrected chi connectivity index (χ4v) is 1.16. The molecule has 0 amide bonds. The number of hydrogen-bond acceptors (Lipinski definition) is 5. The minimum atomic E-state index is 0.550. The highest BCUT2D eigenvalue weighted by atomic mass is 16.5. The highest BCUT2D eigenvalue weighted by Gasteiger charge is 2.12. The van der Waals surface area contributed by atoms with Crippen LogP contribution in [0.5, 0.6) is 17.2 Å². The Morgan fingerprint density at radius 2 is 1.50 bits per heavy atom. The van der Waals surface area contributed by atoms with Crippen molar-refractivity contribution in [1.29, 1.82) is 0 Å². The van der Waals surface area contributed by atoms with E-state index in [1.807, 2.05) is 0 Å². The van der Waals surface area contributed by atoms with Crippen LogP contribution in [0.2, 0.25) is 0 Å². The second kappa shape index (κ2) is 4.57. The first kappa shape index (κ1) is 10.5. The van der Waals surface area contributed by atoms with E-state index in [1.165, 1.54) is 0 Å². The lowest BCUT2D eigenvalue weighted by Gasteiger charge is -2.13. The van der Waals surface area contributed by atoms with Crippen molar-refractivity contribution in [2.24, 2.45) is 5.84 Å². The highest BCUT2D eigenvalue weighted by Crippen LogP contribution is 2.39. The van der Waals surface area contributed by atoms with Gasteiger partial charge in [-0.1, -0.05) is 0 Å². The maximum atomic E-state index is 5.29. The average molecular weight is 198 g/mol. The summed E-state index contributed by atoms with van der Waals surface area (Å²) in [4.78, 5) is 0. The maximum absolute atomic E-state index is 5.29. The zero-order chi connectivity index (χ0) is 10.6. The third-order valence-electron chi connectivity index (χ3n) is 1.83. The summed E-state index contributed by atoms with van der Waals surface area (Å²) in [6.07, 6.45) is 0. The summed E-state index contributed by atoms with van der Waals surface area (Å²) in [5.74, 6) is 6.98. The van der Waals surface area contributed by atoms with Gasteiger partial charge in [0, 0.05) is 12.1 Å². The van der Waals surface area contributed by atoms with E-state index in [0.717, 1.165) is 0 Å². The standard InChI is InChI=1S/C9H14N2O3/c1-12-7-4-6(11-10)5-8(13-2)9(7)14-3/h4-5,11H,10H2,1-3H3. The fraction of sp³-hybridized carbons (Fsp3) is 0.333. The molecule has 0 heterocycles. The van der Waals surface area contributed by atoms with Gasteiger partial charge < -0.3 is 19.6 Å². The Bertz CT molecular complexity index is 290. The smallest absolute Gasteiger partial charge is 0.203 e. The van der Waals surface area contributed by atoms with E-state index in [9.17, 15) is 0 Å². The van der Waals surface area contributed by atoms with Crippen LogP contribution < -0.4 is 25.5 Å². The van der Waals surface area contributed by atoms with Crippen molar-refractivity contribution in [1.82, 2.24) is 0 Å².